The highest BCUT2D eigenvalue weighted by Gasteiger charge is 2.33. The van der Waals surface area contributed by atoms with Crippen LogP contribution in [0.2, 0.25) is 5.02 Å². The highest BCUT2D eigenvalue weighted by atomic mass is 35.5. The van der Waals surface area contributed by atoms with Gasteiger partial charge in [-0.25, -0.2) is 0 Å². The Hall–Kier alpha value is -2.74. The molecule has 1 fully saturated rings. The predicted octanol–water partition coefficient (Wildman–Crippen LogP) is 4.85. The summed E-state index contributed by atoms with van der Waals surface area (Å²) in [6, 6.07) is 8.43. The first kappa shape index (κ1) is 22.5. The van der Waals surface area contributed by atoms with Crippen LogP contribution in [-0.4, -0.2) is 43.3 Å². The van der Waals surface area contributed by atoms with E-state index in [1.807, 2.05) is 4.90 Å². The van der Waals surface area contributed by atoms with Crippen LogP contribution in [-0.2, 0) is 17.8 Å². The number of carbonyl (C=O) groups excluding carboxylic acids is 1. The molecule has 9 heteroatoms. The van der Waals surface area contributed by atoms with Crippen LogP contribution in [0, 0.1) is 0 Å². The fraction of sp³-hybridized carbons (Fsp3) is 0.435. The van der Waals surface area contributed by atoms with Crippen LogP contribution in [0.25, 0.3) is 0 Å². The van der Waals surface area contributed by atoms with Gasteiger partial charge in [-0.05, 0) is 55.2 Å². The summed E-state index contributed by atoms with van der Waals surface area (Å²) in [5.41, 5.74) is 1.51. The van der Waals surface area contributed by atoms with Crippen LogP contribution < -0.4 is 18.9 Å². The Balaban J connectivity index is 1.50. The number of alkyl halides is 2. The summed E-state index contributed by atoms with van der Waals surface area (Å²) in [4.78, 5) is 15.0. The fourth-order valence-electron chi connectivity index (χ4n) is 3.66. The quantitative estimate of drug-likeness (QED) is 0.528. The molecule has 1 saturated carbocycles. The highest BCUT2D eigenvalue weighted by Crippen LogP contribution is 2.39. The van der Waals surface area contributed by atoms with Crippen LogP contribution in [0.5, 0.6) is 23.0 Å². The first-order valence-corrected chi connectivity index (χ1v) is 10.9. The molecule has 0 N–H and O–H groups in total. The molecule has 1 aliphatic carbocycles. The minimum atomic E-state index is -2.94. The molecule has 6 nitrogen and oxygen atoms in total. The van der Waals surface area contributed by atoms with Gasteiger partial charge < -0.3 is 23.8 Å². The van der Waals surface area contributed by atoms with Crippen LogP contribution in [0.1, 0.15) is 30.9 Å². The summed E-state index contributed by atoms with van der Waals surface area (Å²) in [6.45, 7) is 0.337. The van der Waals surface area contributed by atoms with Crippen LogP contribution in [0.4, 0.5) is 8.78 Å². The number of nitrogens with zero attached hydrogens (tertiary/aromatic N) is 1. The molecule has 2 aromatic rings. The number of fused-ring (bicyclic) bond motifs is 1. The molecule has 0 atom stereocenters. The van der Waals surface area contributed by atoms with Gasteiger partial charge >= 0.3 is 6.61 Å². The lowest BCUT2D eigenvalue weighted by atomic mass is 10.1. The molecule has 0 spiro atoms. The van der Waals surface area contributed by atoms with Crippen molar-refractivity contribution < 1.29 is 32.5 Å². The fourth-order valence-corrected chi connectivity index (χ4v) is 3.95. The Bertz CT molecular complexity index is 983. The largest absolute Gasteiger partial charge is 0.490 e. The smallest absolute Gasteiger partial charge is 0.387 e. The number of rotatable bonds is 9. The van der Waals surface area contributed by atoms with Crippen molar-refractivity contribution >= 4 is 17.5 Å². The van der Waals surface area contributed by atoms with Gasteiger partial charge in [0, 0.05) is 12.6 Å². The Labute approximate surface area is 190 Å². The summed E-state index contributed by atoms with van der Waals surface area (Å²) in [5, 5.41) is 0.416. The predicted molar refractivity (Wildman–Crippen MR) is 114 cm³/mol. The molecule has 2 aliphatic rings. The lowest BCUT2D eigenvalue weighted by Gasteiger charge is -2.24. The molecule has 0 aromatic heterocycles. The third kappa shape index (κ3) is 5.35. The zero-order chi connectivity index (χ0) is 22.7. The zero-order valence-corrected chi connectivity index (χ0v) is 18.4. The molecule has 1 heterocycles. The maximum Gasteiger partial charge on any atom is 0.387 e. The Morgan fingerprint density at radius 1 is 1.16 bits per heavy atom. The average molecular weight is 468 g/mol. The lowest BCUT2D eigenvalue weighted by Crippen LogP contribution is -2.33. The normalized spacial score (nSPS) is 14.9. The number of amides is 1. The minimum absolute atomic E-state index is 0.0270. The van der Waals surface area contributed by atoms with Crippen molar-refractivity contribution in [2.75, 3.05) is 19.8 Å². The van der Waals surface area contributed by atoms with E-state index in [2.05, 4.69) is 4.74 Å². The molecule has 0 unspecified atom stereocenters. The van der Waals surface area contributed by atoms with E-state index in [-0.39, 0.29) is 29.9 Å². The van der Waals surface area contributed by atoms with Gasteiger partial charge in [0.15, 0.2) is 23.0 Å². The van der Waals surface area contributed by atoms with Gasteiger partial charge in [0.05, 0.1) is 18.1 Å². The molecule has 1 aliphatic heterocycles. The third-order valence-electron chi connectivity index (χ3n) is 5.20. The minimum Gasteiger partial charge on any atom is -0.490 e. The Morgan fingerprint density at radius 2 is 1.94 bits per heavy atom. The van der Waals surface area contributed by atoms with Gasteiger partial charge in [-0.15, -0.1) is 0 Å². The first-order valence-electron chi connectivity index (χ1n) is 10.5. The topological polar surface area (TPSA) is 57.2 Å². The van der Waals surface area contributed by atoms with E-state index in [0.717, 1.165) is 24.0 Å². The second-order valence-corrected chi connectivity index (χ2v) is 8.03. The maximum absolute atomic E-state index is 13.2. The molecule has 4 rings (SSSR count). The van der Waals surface area contributed by atoms with Gasteiger partial charge in [-0.3, -0.25) is 4.79 Å². The van der Waals surface area contributed by atoms with E-state index >= 15 is 0 Å². The second-order valence-electron chi connectivity index (χ2n) is 7.62. The van der Waals surface area contributed by atoms with Crippen molar-refractivity contribution in [1.82, 2.24) is 4.90 Å². The summed E-state index contributed by atoms with van der Waals surface area (Å²) in [5.74, 6) is 1.20. The number of halogens is 3. The Morgan fingerprint density at radius 3 is 2.66 bits per heavy atom. The van der Waals surface area contributed by atoms with Gasteiger partial charge in [0.2, 0.25) is 5.91 Å². The molecular formula is C23H24ClF2NO5. The van der Waals surface area contributed by atoms with E-state index in [1.54, 1.807) is 31.2 Å². The van der Waals surface area contributed by atoms with E-state index in [0.29, 0.717) is 42.9 Å². The van der Waals surface area contributed by atoms with E-state index in [4.69, 9.17) is 25.8 Å². The maximum atomic E-state index is 13.2. The molecule has 32 heavy (non-hydrogen) atoms. The number of hydrogen-bond donors (Lipinski definition) is 0. The van der Waals surface area contributed by atoms with Crippen LogP contribution in [0.15, 0.2) is 30.3 Å². The van der Waals surface area contributed by atoms with Gasteiger partial charge in [-0.2, -0.15) is 8.78 Å². The number of ether oxygens (including phenoxy) is 4. The molecule has 172 valence electrons. The van der Waals surface area contributed by atoms with Crippen LogP contribution >= 0.6 is 11.6 Å². The number of carbonyl (C=O) groups is 1. The zero-order valence-electron chi connectivity index (χ0n) is 17.6. The average Bonchev–Trinajstić information content (AvgIpc) is 3.59. The summed E-state index contributed by atoms with van der Waals surface area (Å²) < 4.78 is 46.4. The Kier molecular flexibility index (Phi) is 6.89. The van der Waals surface area contributed by atoms with Crippen molar-refractivity contribution in [1.29, 1.82) is 0 Å². The highest BCUT2D eigenvalue weighted by molar-refractivity contribution is 6.32. The summed E-state index contributed by atoms with van der Waals surface area (Å²) >= 11 is 6.30. The number of hydrogen-bond acceptors (Lipinski definition) is 5. The summed E-state index contributed by atoms with van der Waals surface area (Å²) in [6.07, 6.45) is 2.02. The summed E-state index contributed by atoms with van der Waals surface area (Å²) in [7, 11) is 0. The van der Waals surface area contributed by atoms with Crippen molar-refractivity contribution in [3.8, 4) is 23.0 Å². The SMILES string of the molecule is CCOc1cc(CN(C(=O)Cc2cc(Cl)c3c(c2)OCCO3)C2CC2)ccc1OC(F)F. The number of benzene rings is 2. The first-order chi connectivity index (χ1) is 15.4. The monoisotopic (exact) mass is 467 g/mol. The van der Waals surface area contributed by atoms with Gasteiger partial charge in [0.1, 0.15) is 13.2 Å². The molecule has 0 bridgehead atoms. The van der Waals surface area contributed by atoms with E-state index in [1.165, 1.54) is 6.07 Å². The van der Waals surface area contributed by atoms with Crippen molar-refractivity contribution in [2.45, 2.75) is 45.4 Å². The van der Waals surface area contributed by atoms with Crippen LogP contribution in [0.3, 0.4) is 0 Å². The van der Waals surface area contributed by atoms with Gasteiger partial charge in [-0.1, -0.05) is 17.7 Å². The molecule has 1 amide bonds. The standard InChI is InChI=1S/C23H24ClF2NO5/c1-2-29-19-10-14(3-6-18(19)32-23(25)26)13-27(16-4-5-16)21(28)12-15-9-17(24)22-20(11-15)30-7-8-31-22/h3,6,9-11,16,23H,2,4-5,7-8,12-13H2,1H3. The van der Waals surface area contributed by atoms with Crippen molar-refractivity contribution in [2.24, 2.45) is 0 Å². The lowest BCUT2D eigenvalue weighted by molar-refractivity contribution is -0.131. The second kappa shape index (κ2) is 9.81. The van der Waals surface area contributed by atoms with Crippen molar-refractivity contribution in [3.63, 3.8) is 0 Å². The third-order valence-corrected chi connectivity index (χ3v) is 5.48. The molecular weight excluding hydrogens is 444 g/mol. The molecule has 0 saturated heterocycles. The van der Waals surface area contributed by atoms with Crippen molar-refractivity contribution in [3.05, 3.63) is 46.5 Å². The molecule has 2 aromatic carbocycles. The van der Waals surface area contributed by atoms with E-state index < -0.39 is 6.61 Å². The van der Waals surface area contributed by atoms with Gasteiger partial charge in [0.25, 0.3) is 0 Å². The molecule has 0 radical (unpaired) electrons. The van der Waals surface area contributed by atoms with E-state index in [9.17, 15) is 13.6 Å².